The highest BCUT2D eigenvalue weighted by atomic mass is 28.4. The fourth-order valence-electron chi connectivity index (χ4n) is 3.58. The van der Waals surface area contributed by atoms with Crippen molar-refractivity contribution in [2.24, 2.45) is 11.8 Å². The lowest BCUT2D eigenvalue weighted by atomic mass is 9.93. The van der Waals surface area contributed by atoms with Crippen LogP contribution in [0.3, 0.4) is 0 Å². The van der Waals surface area contributed by atoms with Crippen LogP contribution < -0.4 is 0 Å². The summed E-state index contributed by atoms with van der Waals surface area (Å²) in [6, 6.07) is 3.86. The van der Waals surface area contributed by atoms with Crippen LogP contribution in [0.1, 0.15) is 87.0 Å². The summed E-state index contributed by atoms with van der Waals surface area (Å²) in [5, 5.41) is 10.3. The third kappa shape index (κ3) is 8.20. The molecule has 0 aromatic rings. The van der Waals surface area contributed by atoms with E-state index in [0.717, 1.165) is 0 Å². The minimum Gasteiger partial charge on any atom is -0.512 e. The van der Waals surface area contributed by atoms with Gasteiger partial charge in [0.05, 0.1) is 11.9 Å². The molecule has 0 amide bonds. The Labute approximate surface area is 153 Å². The molecule has 0 aliphatic rings. The van der Waals surface area contributed by atoms with E-state index in [1.165, 1.54) is 56.7 Å². The Morgan fingerprint density at radius 3 is 1.62 bits per heavy atom. The van der Waals surface area contributed by atoms with E-state index in [1.54, 1.807) is 0 Å². The van der Waals surface area contributed by atoms with Crippen molar-refractivity contribution in [1.29, 1.82) is 0 Å². The van der Waals surface area contributed by atoms with Crippen LogP contribution in [0.5, 0.6) is 0 Å². The van der Waals surface area contributed by atoms with Gasteiger partial charge in [0.1, 0.15) is 0 Å². The zero-order valence-corrected chi connectivity index (χ0v) is 18.5. The van der Waals surface area contributed by atoms with Crippen LogP contribution in [0.4, 0.5) is 0 Å². The molecule has 0 aromatic heterocycles. The van der Waals surface area contributed by atoms with Crippen molar-refractivity contribution in [2.75, 3.05) is 0 Å². The average Bonchev–Trinajstić information content (AvgIpc) is 2.58. The van der Waals surface area contributed by atoms with Crippen molar-refractivity contribution < 1.29 is 9.53 Å². The third-order valence-corrected chi connectivity index (χ3v) is 9.82. The molecule has 0 fully saturated rings. The molecule has 0 spiro atoms. The van der Waals surface area contributed by atoms with E-state index in [0.29, 0.717) is 11.7 Å². The van der Waals surface area contributed by atoms with Crippen molar-refractivity contribution in [3.63, 3.8) is 0 Å². The highest BCUT2D eigenvalue weighted by Crippen LogP contribution is 2.35. The largest absolute Gasteiger partial charge is 0.512 e. The predicted octanol–water partition coefficient (Wildman–Crippen LogP) is 7.47. The fraction of sp³-hybridized carbons (Fsp3) is 0.905. The van der Waals surface area contributed by atoms with Crippen LogP contribution in [0.25, 0.3) is 0 Å². The first kappa shape index (κ1) is 23.7. The first-order valence-corrected chi connectivity index (χ1v) is 12.9. The molecule has 0 heterocycles. The molecule has 3 heteroatoms. The van der Waals surface area contributed by atoms with Gasteiger partial charge in [0.25, 0.3) is 0 Å². The van der Waals surface area contributed by atoms with Crippen LogP contribution >= 0.6 is 0 Å². The molecule has 0 radical (unpaired) electrons. The van der Waals surface area contributed by atoms with Gasteiger partial charge in [-0.1, -0.05) is 80.1 Å². The molecule has 24 heavy (non-hydrogen) atoms. The Bertz CT molecular complexity index is 317. The zero-order chi connectivity index (χ0) is 18.6. The van der Waals surface area contributed by atoms with Gasteiger partial charge in [-0.3, -0.25) is 0 Å². The van der Waals surface area contributed by atoms with Crippen molar-refractivity contribution in [3.8, 4) is 0 Å². The van der Waals surface area contributed by atoms with Crippen molar-refractivity contribution in [1.82, 2.24) is 0 Å². The number of rotatable bonds is 14. The second-order valence-electron chi connectivity index (χ2n) is 7.82. The number of aliphatic hydroxyl groups excluding tert-OH is 1. The molecule has 0 bridgehead atoms. The maximum absolute atomic E-state index is 10.3. The Morgan fingerprint density at radius 1 is 0.917 bits per heavy atom. The lowest BCUT2D eigenvalue weighted by Gasteiger charge is -2.40. The quantitative estimate of drug-likeness (QED) is 0.258. The SMILES string of the molecule is C/C=C(/O)[C@@H](C)[C@H](O[Si](CCCC)(CCCC)CCCC)C(C)C. The van der Waals surface area contributed by atoms with E-state index in [4.69, 9.17) is 4.43 Å². The van der Waals surface area contributed by atoms with Crippen molar-refractivity contribution in [3.05, 3.63) is 11.8 Å². The Hall–Kier alpha value is -0.283. The average molecular weight is 357 g/mol. The molecule has 0 aromatic carbocycles. The summed E-state index contributed by atoms with van der Waals surface area (Å²) in [4.78, 5) is 0. The summed E-state index contributed by atoms with van der Waals surface area (Å²) in [5.74, 6) is 1.00. The van der Waals surface area contributed by atoms with E-state index in [9.17, 15) is 5.11 Å². The zero-order valence-electron chi connectivity index (χ0n) is 17.5. The maximum Gasteiger partial charge on any atom is 0.193 e. The van der Waals surface area contributed by atoms with Crippen LogP contribution in [-0.4, -0.2) is 19.5 Å². The van der Waals surface area contributed by atoms with Gasteiger partial charge in [0.2, 0.25) is 0 Å². The second-order valence-corrected chi connectivity index (χ2v) is 11.9. The molecule has 0 rings (SSSR count). The molecule has 1 N–H and O–H groups in total. The number of hydrogen-bond acceptors (Lipinski definition) is 2. The summed E-state index contributed by atoms with van der Waals surface area (Å²) in [5.41, 5.74) is 0. The van der Waals surface area contributed by atoms with Crippen LogP contribution in [0.2, 0.25) is 18.1 Å². The van der Waals surface area contributed by atoms with Crippen molar-refractivity contribution >= 4 is 8.32 Å². The number of allylic oxidation sites excluding steroid dienone is 1. The summed E-state index contributed by atoms with van der Waals surface area (Å²) in [6.07, 6.45) is 9.57. The van der Waals surface area contributed by atoms with Gasteiger partial charge in [-0.2, -0.15) is 0 Å². The molecule has 2 atom stereocenters. The van der Waals surface area contributed by atoms with E-state index in [1.807, 2.05) is 13.0 Å². The summed E-state index contributed by atoms with van der Waals surface area (Å²) < 4.78 is 7.03. The minimum atomic E-state index is -1.74. The minimum absolute atomic E-state index is 0.0896. The van der Waals surface area contributed by atoms with Gasteiger partial charge in [-0.15, -0.1) is 0 Å². The van der Waals surface area contributed by atoms with Crippen LogP contribution in [-0.2, 0) is 4.43 Å². The molecule has 0 saturated heterocycles. The lowest BCUT2D eigenvalue weighted by Crippen LogP contribution is -2.45. The third-order valence-electron chi connectivity index (χ3n) is 5.26. The first-order valence-electron chi connectivity index (χ1n) is 10.4. The summed E-state index contributed by atoms with van der Waals surface area (Å²) >= 11 is 0. The molecular weight excluding hydrogens is 312 g/mol. The summed E-state index contributed by atoms with van der Waals surface area (Å²) in [6.45, 7) is 15.4. The number of hydrogen-bond donors (Lipinski definition) is 1. The molecule has 0 aliphatic carbocycles. The van der Waals surface area contributed by atoms with Gasteiger partial charge < -0.3 is 9.53 Å². The van der Waals surface area contributed by atoms with Gasteiger partial charge >= 0.3 is 0 Å². The molecule has 0 saturated carbocycles. The second kappa shape index (κ2) is 13.0. The van der Waals surface area contributed by atoms with Gasteiger partial charge in [-0.25, -0.2) is 0 Å². The number of aliphatic hydroxyl groups is 1. The van der Waals surface area contributed by atoms with E-state index in [-0.39, 0.29) is 12.0 Å². The van der Waals surface area contributed by atoms with Gasteiger partial charge in [0, 0.05) is 5.92 Å². The van der Waals surface area contributed by atoms with Crippen LogP contribution in [0, 0.1) is 11.8 Å². The first-order chi connectivity index (χ1) is 11.4. The summed E-state index contributed by atoms with van der Waals surface area (Å²) in [7, 11) is -1.74. The highest BCUT2D eigenvalue weighted by molar-refractivity contribution is 6.73. The molecule has 2 nitrogen and oxygen atoms in total. The monoisotopic (exact) mass is 356 g/mol. The predicted molar refractivity (Wildman–Crippen MR) is 110 cm³/mol. The van der Waals surface area contributed by atoms with E-state index >= 15 is 0 Å². The maximum atomic E-state index is 10.3. The molecular formula is C21H44O2Si. The Kier molecular flexibility index (Phi) is 12.8. The standard InChI is InChI=1S/C21H44O2Si/c1-8-12-15-24(16-13-9-2,17-14-10-3)23-21(18(5)6)19(7)20(22)11-4/h11,18-19,21-22H,8-10,12-17H2,1-7H3/b20-11+/t19-,21-/m1/s1. The van der Waals surface area contributed by atoms with Gasteiger partial charge in [-0.05, 0) is 37.0 Å². The molecule has 0 aliphatic heterocycles. The number of unbranched alkanes of at least 4 members (excludes halogenated alkanes) is 3. The smallest absolute Gasteiger partial charge is 0.193 e. The highest BCUT2D eigenvalue weighted by Gasteiger charge is 2.38. The van der Waals surface area contributed by atoms with Crippen LogP contribution in [0.15, 0.2) is 11.8 Å². The van der Waals surface area contributed by atoms with E-state index in [2.05, 4.69) is 41.5 Å². The Morgan fingerprint density at radius 2 is 1.33 bits per heavy atom. The molecule has 144 valence electrons. The topological polar surface area (TPSA) is 29.5 Å². The Balaban J connectivity index is 5.44. The van der Waals surface area contributed by atoms with Gasteiger partial charge in [0.15, 0.2) is 8.32 Å². The van der Waals surface area contributed by atoms with Crippen molar-refractivity contribution in [2.45, 2.75) is 111 Å². The molecule has 0 unspecified atom stereocenters. The normalized spacial score (nSPS) is 15.8. The lowest BCUT2D eigenvalue weighted by molar-refractivity contribution is 0.0794. The van der Waals surface area contributed by atoms with E-state index < -0.39 is 8.32 Å². The fourth-order valence-corrected chi connectivity index (χ4v) is 8.73.